The van der Waals surface area contributed by atoms with Crippen LogP contribution in [0.1, 0.15) is 11.1 Å². The van der Waals surface area contributed by atoms with Gasteiger partial charge in [-0.25, -0.2) is 9.59 Å². The molecule has 176 valence electrons. The van der Waals surface area contributed by atoms with Gasteiger partial charge >= 0.3 is 24.3 Å². The molecule has 0 aliphatic carbocycles. The fourth-order valence-electron chi connectivity index (χ4n) is 2.80. The van der Waals surface area contributed by atoms with Crippen molar-refractivity contribution in [1.82, 2.24) is 0 Å². The second kappa shape index (κ2) is 10.0. The van der Waals surface area contributed by atoms with Crippen LogP contribution in [0.3, 0.4) is 0 Å². The minimum absolute atomic E-state index is 0.461. The molecule has 2 aromatic carbocycles. The highest BCUT2D eigenvalue weighted by atomic mass is 19.4. The van der Waals surface area contributed by atoms with Gasteiger partial charge < -0.3 is 19.7 Å². The molecule has 2 atom stereocenters. The number of rotatable bonds is 6. The molecule has 0 aliphatic heterocycles. The Morgan fingerprint density at radius 2 is 0.875 bits per heavy atom. The Morgan fingerprint density at radius 1 is 0.625 bits per heavy atom. The Labute approximate surface area is 178 Å². The van der Waals surface area contributed by atoms with Crippen LogP contribution in [0.25, 0.3) is 0 Å². The Kier molecular flexibility index (Phi) is 8.41. The minimum Gasteiger partial charge on any atom is -0.479 e. The molecule has 6 nitrogen and oxygen atoms in total. The third-order valence-corrected chi connectivity index (χ3v) is 4.37. The van der Waals surface area contributed by atoms with Gasteiger partial charge in [0.15, 0.2) is 0 Å². The zero-order valence-electron chi connectivity index (χ0n) is 16.6. The summed E-state index contributed by atoms with van der Waals surface area (Å²) in [4.78, 5) is 21.7. The molecule has 2 aromatic rings. The lowest BCUT2D eigenvalue weighted by atomic mass is 9.93. The van der Waals surface area contributed by atoms with Gasteiger partial charge in [0.25, 0.3) is 11.2 Å². The predicted molar refractivity (Wildman–Crippen MR) is 97.6 cm³/mol. The monoisotopic (exact) mass is 468 g/mol. The third kappa shape index (κ3) is 4.86. The maximum absolute atomic E-state index is 12.8. The van der Waals surface area contributed by atoms with E-state index >= 15 is 0 Å². The summed E-state index contributed by atoms with van der Waals surface area (Å²) in [5, 5.41) is 17.5. The summed E-state index contributed by atoms with van der Waals surface area (Å²) in [7, 11) is 1.43. The number of hydrogen-bond acceptors (Lipinski definition) is 4. The van der Waals surface area contributed by atoms with Crippen molar-refractivity contribution in [2.24, 2.45) is 0 Å². The van der Waals surface area contributed by atoms with E-state index in [1.165, 1.54) is 36.4 Å². The predicted octanol–water partition coefficient (Wildman–Crippen LogP) is 4.35. The van der Waals surface area contributed by atoms with Gasteiger partial charge in [-0.3, -0.25) is 0 Å². The zero-order chi connectivity index (χ0) is 24.8. The molecule has 0 heterocycles. The Balaban J connectivity index is 0.000000320. The van der Waals surface area contributed by atoms with E-state index < -0.39 is 46.6 Å². The maximum Gasteiger partial charge on any atom is 0.432 e. The van der Waals surface area contributed by atoms with Crippen LogP contribution < -0.4 is 0 Å². The molecule has 0 aliphatic rings. The van der Waals surface area contributed by atoms with Gasteiger partial charge in [0, 0.05) is 25.3 Å². The molecule has 0 bridgehead atoms. The summed E-state index contributed by atoms with van der Waals surface area (Å²) < 4.78 is 85.3. The highest BCUT2D eigenvalue weighted by molar-refractivity contribution is 5.81. The summed E-state index contributed by atoms with van der Waals surface area (Å²) >= 11 is 0. The van der Waals surface area contributed by atoms with Crippen LogP contribution in [0.2, 0.25) is 0 Å². The second-order valence-electron chi connectivity index (χ2n) is 6.11. The smallest absolute Gasteiger partial charge is 0.432 e. The summed E-state index contributed by atoms with van der Waals surface area (Å²) in [5.74, 6) is -4.18. The molecule has 0 spiro atoms. The van der Waals surface area contributed by atoms with E-state index in [4.69, 9.17) is 10.2 Å². The van der Waals surface area contributed by atoms with E-state index in [9.17, 15) is 35.9 Å². The number of halogens is 6. The molecule has 2 rings (SSSR count). The number of ether oxygens (including phenoxy) is 2. The fourth-order valence-corrected chi connectivity index (χ4v) is 2.80. The molecule has 0 amide bonds. The number of hydrogen-bond donors (Lipinski definition) is 2. The highest BCUT2D eigenvalue weighted by Crippen LogP contribution is 2.43. The first kappa shape index (κ1) is 26.9. The Bertz CT molecular complexity index is 825. The van der Waals surface area contributed by atoms with Gasteiger partial charge in [-0.2, -0.15) is 26.3 Å². The normalized spacial score (nSPS) is 15.5. The van der Waals surface area contributed by atoms with Crippen molar-refractivity contribution < 1.29 is 55.6 Å². The molecule has 0 saturated heterocycles. The average Bonchev–Trinajstić information content (AvgIpc) is 2.69. The maximum atomic E-state index is 12.8. The first-order chi connectivity index (χ1) is 14.7. The van der Waals surface area contributed by atoms with Gasteiger partial charge in [-0.15, -0.1) is 0 Å². The molecule has 2 N–H and O–H groups in total. The number of carboxylic acid groups (broad SMARTS) is 2. The van der Waals surface area contributed by atoms with Crippen molar-refractivity contribution in [3.8, 4) is 0 Å². The lowest BCUT2D eigenvalue weighted by molar-refractivity contribution is -0.274. The number of aliphatic carboxylic acids is 2. The number of carbonyl (C=O) groups is 2. The minimum atomic E-state index is -5.03. The number of methoxy groups -OCH3 is 2. The van der Waals surface area contributed by atoms with E-state index in [1.807, 2.05) is 0 Å². The second-order valence-corrected chi connectivity index (χ2v) is 6.11. The van der Waals surface area contributed by atoms with Crippen molar-refractivity contribution in [3.63, 3.8) is 0 Å². The van der Waals surface area contributed by atoms with Gasteiger partial charge in [-0.1, -0.05) is 60.7 Å². The zero-order valence-corrected chi connectivity index (χ0v) is 16.6. The lowest BCUT2D eigenvalue weighted by Gasteiger charge is -2.30. The molecular weight excluding hydrogens is 450 g/mol. The molecule has 0 fully saturated rings. The topological polar surface area (TPSA) is 93.1 Å². The summed E-state index contributed by atoms with van der Waals surface area (Å²) in [6.07, 6.45) is -10.1. The van der Waals surface area contributed by atoms with Crippen LogP contribution in [0.5, 0.6) is 0 Å². The van der Waals surface area contributed by atoms with Crippen molar-refractivity contribution in [1.29, 1.82) is 0 Å². The van der Waals surface area contributed by atoms with E-state index in [0.717, 1.165) is 24.3 Å². The van der Waals surface area contributed by atoms with Gasteiger partial charge in [0.1, 0.15) is 0 Å². The van der Waals surface area contributed by atoms with Crippen molar-refractivity contribution >= 4 is 11.9 Å². The average molecular weight is 468 g/mol. The molecule has 32 heavy (non-hydrogen) atoms. The third-order valence-electron chi connectivity index (χ3n) is 4.37. The Morgan fingerprint density at radius 3 is 1.03 bits per heavy atom. The molecule has 12 heteroatoms. The highest BCUT2D eigenvalue weighted by Gasteiger charge is 2.64. The number of benzene rings is 2. The van der Waals surface area contributed by atoms with E-state index in [-0.39, 0.29) is 0 Å². The van der Waals surface area contributed by atoms with Crippen LogP contribution >= 0.6 is 0 Å². The SMILES string of the molecule is CO[C@](C(=O)O)(c1ccccc1)C(F)(F)F.CO[C@](C(=O)O)(c1ccccc1)C(F)(F)F. The van der Waals surface area contributed by atoms with Gasteiger partial charge in [0.2, 0.25) is 0 Å². The van der Waals surface area contributed by atoms with Crippen molar-refractivity contribution in [3.05, 3.63) is 71.8 Å². The van der Waals surface area contributed by atoms with Crippen LogP contribution in [0.15, 0.2) is 60.7 Å². The largest absolute Gasteiger partial charge is 0.479 e. The fraction of sp³-hybridized carbons (Fsp3) is 0.300. The van der Waals surface area contributed by atoms with E-state index in [1.54, 1.807) is 0 Å². The first-order valence-electron chi connectivity index (χ1n) is 8.54. The molecule has 0 unspecified atom stereocenters. The summed E-state index contributed by atoms with van der Waals surface area (Å²) in [5.41, 5.74) is -7.54. The first-order valence-corrected chi connectivity index (χ1v) is 8.54. The van der Waals surface area contributed by atoms with Crippen molar-refractivity contribution in [2.75, 3.05) is 14.2 Å². The lowest BCUT2D eigenvalue weighted by Crippen LogP contribution is -2.50. The number of carboxylic acids is 2. The van der Waals surface area contributed by atoms with Crippen molar-refractivity contribution in [2.45, 2.75) is 23.6 Å². The summed E-state index contributed by atoms with van der Waals surface area (Å²) in [6.45, 7) is 0. The van der Waals surface area contributed by atoms with Crippen LogP contribution in [0, 0.1) is 0 Å². The van der Waals surface area contributed by atoms with Crippen LogP contribution in [-0.4, -0.2) is 48.7 Å². The van der Waals surface area contributed by atoms with Crippen LogP contribution in [0.4, 0.5) is 26.3 Å². The van der Waals surface area contributed by atoms with Gasteiger partial charge in [-0.05, 0) is 0 Å². The summed E-state index contributed by atoms with van der Waals surface area (Å²) in [6, 6.07) is 12.5. The molecule has 0 radical (unpaired) electrons. The molecule has 0 aromatic heterocycles. The molecular formula is C20H18F6O6. The van der Waals surface area contributed by atoms with Gasteiger partial charge in [0.05, 0.1) is 0 Å². The number of alkyl halides is 6. The standard InChI is InChI=1S/2C10H9F3O3/c2*1-16-9(8(14)15,10(11,12)13)7-5-3-2-4-6-7/h2*2-6H,1H3,(H,14,15)/t2*9-/m00/s1. The molecule has 0 saturated carbocycles. The quantitative estimate of drug-likeness (QED) is 0.613. The van der Waals surface area contributed by atoms with E-state index in [2.05, 4.69) is 9.47 Å². The Hall–Kier alpha value is -3.12. The van der Waals surface area contributed by atoms with E-state index in [0.29, 0.717) is 14.2 Å². The van der Waals surface area contributed by atoms with Crippen LogP contribution in [-0.2, 0) is 30.3 Å².